The smallest absolute Gasteiger partial charge is 0.266 e. The highest BCUT2D eigenvalue weighted by molar-refractivity contribution is 6.34. The third-order valence-corrected chi connectivity index (χ3v) is 4.61. The van der Waals surface area contributed by atoms with E-state index in [1.807, 2.05) is 0 Å². The van der Waals surface area contributed by atoms with Crippen LogP contribution >= 0.6 is 0 Å². The van der Waals surface area contributed by atoms with Gasteiger partial charge in [0.05, 0.1) is 16.8 Å². The SMILES string of the molecule is Cc1ccc(N2C(=O)c3ccccc3C2=O)cc1NC(=O)c1cccc(F)c1. The highest BCUT2D eigenvalue weighted by Gasteiger charge is 2.36. The van der Waals surface area contributed by atoms with Crippen LogP contribution in [0.3, 0.4) is 0 Å². The summed E-state index contributed by atoms with van der Waals surface area (Å²) in [5, 5.41) is 2.71. The summed E-state index contributed by atoms with van der Waals surface area (Å²) in [4.78, 5) is 38.8. The molecule has 0 spiro atoms. The summed E-state index contributed by atoms with van der Waals surface area (Å²) >= 11 is 0. The number of carbonyl (C=O) groups excluding carboxylic acids is 3. The first-order valence-electron chi connectivity index (χ1n) is 8.61. The minimum atomic E-state index is -0.510. The first-order chi connectivity index (χ1) is 13.5. The molecule has 3 aromatic carbocycles. The minimum absolute atomic E-state index is 0.172. The Labute approximate surface area is 160 Å². The van der Waals surface area contributed by atoms with Crippen LogP contribution in [0.5, 0.6) is 0 Å². The van der Waals surface area contributed by atoms with Crippen molar-refractivity contribution in [3.8, 4) is 0 Å². The van der Waals surface area contributed by atoms with Gasteiger partial charge in [-0.05, 0) is 55.0 Å². The van der Waals surface area contributed by atoms with E-state index >= 15 is 0 Å². The quantitative estimate of drug-likeness (QED) is 0.699. The van der Waals surface area contributed by atoms with Gasteiger partial charge in [0, 0.05) is 11.3 Å². The van der Waals surface area contributed by atoms with Crippen LogP contribution in [-0.2, 0) is 0 Å². The van der Waals surface area contributed by atoms with Gasteiger partial charge in [-0.25, -0.2) is 9.29 Å². The number of nitrogens with one attached hydrogen (secondary N) is 1. The van der Waals surface area contributed by atoms with Crippen LogP contribution in [-0.4, -0.2) is 17.7 Å². The van der Waals surface area contributed by atoms with Crippen molar-refractivity contribution in [2.75, 3.05) is 10.2 Å². The number of halogens is 1. The molecule has 1 aliphatic heterocycles. The second-order valence-electron chi connectivity index (χ2n) is 6.45. The summed E-state index contributed by atoms with van der Waals surface area (Å²) in [6.07, 6.45) is 0. The van der Waals surface area contributed by atoms with Crippen LogP contribution < -0.4 is 10.2 Å². The molecular formula is C22H15FN2O3. The van der Waals surface area contributed by atoms with E-state index in [4.69, 9.17) is 0 Å². The van der Waals surface area contributed by atoms with Crippen molar-refractivity contribution in [1.82, 2.24) is 0 Å². The number of carbonyl (C=O) groups is 3. The molecule has 0 radical (unpaired) electrons. The molecule has 0 atom stereocenters. The van der Waals surface area contributed by atoms with Gasteiger partial charge in [-0.15, -0.1) is 0 Å². The Morgan fingerprint density at radius 2 is 1.57 bits per heavy atom. The molecule has 5 nitrogen and oxygen atoms in total. The highest BCUT2D eigenvalue weighted by Crippen LogP contribution is 2.31. The number of aryl methyl sites for hydroxylation is 1. The number of amides is 3. The van der Waals surface area contributed by atoms with Gasteiger partial charge in [0.2, 0.25) is 0 Å². The van der Waals surface area contributed by atoms with Crippen molar-refractivity contribution < 1.29 is 18.8 Å². The predicted octanol–water partition coefficient (Wildman–Crippen LogP) is 4.19. The van der Waals surface area contributed by atoms with Crippen LogP contribution in [0.2, 0.25) is 0 Å². The molecule has 0 unspecified atom stereocenters. The van der Waals surface area contributed by atoms with Crippen molar-refractivity contribution in [3.05, 3.63) is 94.8 Å². The van der Waals surface area contributed by atoms with E-state index in [2.05, 4.69) is 5.32 Å². The summed E-state index contributed by atoms with van der Waals surface area (Å²) in [5.74, 6) is -1.81. The summed E-state index contributed by atoms with van der Waals surface area (Å²) in [6.45, 7) is 1.79. The number of imide groups is 1. The number of fused-ring (bicyclic) bond motifs is 1. The van der Waals surface area contributed by atoms with Crippen LogP contribution in [0.4, 0.5) is 15.8 Å². The average molecular weight is 374 g/mol. The number of hydrogen-bond donors (Lipinski definition) is 1. The minimum Gasteiger partial charge on any atom is -0.322 e. The summed E-state index contributed by atoms with van der Waals surface area (Å²) < 4.78 is 13.4. The van der Waals surface area contributed by atoms with Gasteiger partial charge in [0.25, 0.3) is 17.7 Å². The summed E-state index contributed by atoms with van der Waals surface area (Å²) in [6, 6.07) is 16.9. The maximum atomic E-state index is 13.4. The molecule has 1 heterocycles. The zero-order valence-electron chi connectivity index (χ0n) is 14.9. The zero-order valence-corrected chi connectivity index (χ0v) is 14.9. The van der Waals surface area contributed by atoms with E-state index in [1.54, 1.807) is 49.4 Å². The molecule has 3 aromatic rings. The molecule has 0 fully saturated rings. The standard InChI is InChI=1S/C22H15FN2O3/c1-13-9-10-16(25-21(27)17-7-2-3-8-18(17)22(25)28)12-19(13)24-20(26)14-5-4-6-15(23)11-14/h2-12H,1H3,(H,24,26). The maximum Gasteiger partial charge on any atom is 0.266 e. The lowest BCUT2D eigenvalue weighted by molar-refractivity contribution is 0.0925. The van der Waals surface area contributed by atoms with Crippen LogP contribution in [0, 0.1) is 12.7 Å². The Balaban J connectivity index is 1.66. The van der Waals surface area contributed by atoms with E-state index in [1.165, 1.54) is 18.2 Å². The van der Waals surface area contributed by atoms with Crippen LogP contribution in [0.25, 0.3) is 0 Å². The van der Waals surface area contributed by atoms with Crippen molar-refractivity contribution in [2.45, 2.75) is 6.92 Å². The Morgan fingerprint density at radius 1 is 0.893 bits per heavy atom. The van der Waals surface area contributed by atoms with E-state index in [-0.39, 0.29) is 5.56 Å². The second-order valence-corrected chi connectivity index (χ2v) is 6.45. The zero-order chi connectivity index (χ0) is 19.8. The van der Waals surface area contributed by atoms with E-state index in [9.17, 15) is 18.8 Å². The number of benzene rings is 3. The Bertz CT molecular complexity index is 1110. The maximum absolute atomic E-state index is 13.4. The van der Waals surface area contributed by atoms with Crippen molar-refractivity contribution in [1.29, 1.82) is 0 Å². The lowest BCUT2D eigenvalue weighted by Gasteiger charge is -2.17. The monoisotopic (exact) mass is 374 g/mol. The molecule has 6 heteroatoms. The summed E-state index contributed by atoms with van der Waals surface area (Å²) in [5.41, 5.74) is 2.39. The molecule has 0 aliphatic carbocycles. The van der Waals surface area contributed by atoms with Crippen LogP contribution in [0.15, 0.2) is 66.7 Å². The average Bonchev–Trinajstić information content (AvgIpc) is 2.95. The van der Waals surface area contributed by atoms with Gasteiger partial charge in [-0.1, -0.05) is 24.3 Å². The topological polar surface area (TPSA) is 66.5 Å². The van der Waals surface area contributed by atoms with Gasteiger partial charge in [0.1, 0.15) is 5.82 Å². The molecule has 0 saturated carbocycles. The normalized spacial score (nSPS) is 12.9. The lowest BCUT2D eigenvalue weighted by Crippen LogP contribution is -2.29. The third kappa shape index (κ3) is 2.95. The number of anilines is 2. The largest absolute Gasteiger partial charge is 0.322 e. The fraction of sp³-hybridized carbons (Fsp3) is 0.0455. The molecule has 3 amide bonds. The van der Waals surface area contributed by atoms with Gasteiger partial charge < -0.3 is 5.32 Å². The number of nitrogens with zero attached hydrogens (tertiary/aromatic N) is 1. The fourth-order valence-corrected chi connectivity index (χ4v) is 3.13. The van der Waals surface area contributed by atoms with Gasteiger partial charge >= 0.3 is 0 Å². The van der Waals surface area contributed by atoms with Crippen molar-refractivity contribution in [2.24, 2.45) is 0 Å². The molecular weight excluding hydrogens is 359 g/mol. The van der Waals surface area contributed by atoms with E-state index in [0.29, 0.717) is 22.5 Å². The second kappa shape index (κ2) is 6.74. The molecule has 0 aromatic heterocycles. The molecule has 138 valence electrons. The Kier molecular flexibility index (Phi) is 4.24. The Hall–Kier alpha value is -3.80. The van der Waals surface area contributed by atoms with Crippen molar-refractivity contribution >= 4 is 29.1 Å². The molecule has 1 N–H and O–H groups in total. The first-order valence-corrected chi connectivity index (χ1v) is 8.61. The van der Waals surface area contributed by atoms with Gasteiger partial charge in [-0.2, -0.15) is 0 Å². The van der Waals surface area contributed by atoms with E-state index in [0.717, 1.165) is 16.5 Å². The molecule has 0 bridgehead atoms. The molecule has 4 rings (SSSR count). The van der Waals surface area contributed by atoms with Crippen molar-refractivity contribution in [3.63, 3.8) is 0 Å². The highest BCUT2D eigenvalue weighted by atomic mass is 19.1. The lowest BCUT2D eigenvalue weighted by atomic mass is 10.1. The van der Waals surface area contributed by atoms with E-state index < -0.39 is 23.5 Å². The third-order valence-electron chi connectivity index (χ3n) is 4.61. The predicted molar refractivity (Wildman–Crippen MR) is 103 cm³/mol. The van der Waals surface area contributed by atoms with Crippen LogP contribution in [0.1, 0.15) is 36.6 Å². The number of rotatable bonds is 3. The number of hydrogen-bond acceptors (Lipinski definition) is 3. The molecule has 0 saturated heterocycles. The summed E-state index contributed by atoms with van der Waals surface area (Å²) in [7, 11) is 0. The van der Waals surface area contributed by atoms with Gasteiger partial charge in [-0.3, -0.25) is 14.4 Å². The first kappa shape index (κ1) is 17.6. The molecule has 28 heavy (non-hydrogen) atoms. The fourth-order valence-electron chi connectivity index (χ4n) is 3.13. The molecule has 1 aliphatic rings. The Morgan fingerprint density at radius 3 is 2.21 bits per heavy atom. The van der Waals surface area contributed by atoms with Gasteiger partial charge in [0.15, 0.2) is 0 Å².